The molecule has 0 aromatic rings. The highest BCUT2D eigenvalue weighted by molar-refractivity contribution is 5.75. The molecule has 1 aliphatic rings. The average Bonchev–Trinajstić information content (AvgIpc) is 2.58. The molecule has 1 rings (SSSR count). The Morgan fingerprint density at radius 3 is 2.52 bits per heavy atom. The first kappa shape index (κ1) is 21.4. The van der Waals surface area contributed by atoms with E-state index < -0.39 is 0 Å². The van der Waals surface area contributed by atoms with Gasteiger partial charge in [0.05, 0.1) is 0 Å². The summed E-state index contributed by atoms with van der Waals surface area (Å²) in [6.07, 6.45) is 10.4. The standard InChI is InChI=1S/C17H28N2O2.C2H6/c1-4-6-16(7-5-2)21-13-12-19-10-8-15(9-11-19)14-17(20)18-3;1-2/h4-7,15H,1,8-14H2,2-3H3,(H,18,20);1-2H3/b7-5-,16-6+;. The van der Waals surface area contributed by atoms with Crippen LogP contribution in [0.15, 0.2) is 36.6 Å². The van der Waals surface area contributed by atoms with Crippen LogP contribution in [-0.2, 0) is 9.53 Å². The zero-order chi connectivity index (χ0) is 17.5. The van der Waals surface area contributed by atoms with Crippen molar-refractivity contribution in [2.75, 3.05) is 33.3 Å². The quantitative estimate of drug-likeness (QED) is 0.549. The van der Waals surface area contributed by atoms with Crippen molar-refractivity contribution in [2.45, 2.75) is 40.0 Å². The van der Waals surface area contributed by atoms with Crippen LogP contribution in [0.5, 0.6) is 0 Å². The Kier molecular flexibility index (Phi) is 13.1. The van der Waals surface area contributed by atoms with Crippen molar-refractivity contribution in [1.82, 2.24) is 10.2 Å². The Bertz CT molecular complexity index is 381. The molecule has 1 saturated heterocycles. The molecule has 0 saturated carbocycles. The predicted molar refractivity (Wildman–Crippen MR) is 98.2 cm³/mol. The van der Waals surface area contributed by atoms with Gasteiger partial charge in [0.25, 0.3) is 0 Å². The number of amides is 1. The van der Waals surface area contributed by atoms with E-state index in [4.69, 9.17) is 4.74 Å². The largest absolute Gasteiger partial charge is 0.492 e. The summed E-state index contributed by atoms with van der Waals surface area (Å²) in [5.74, 6) is 1.53. The molecule has 1 N–H and O–H groups in total. The Morgan fingerprint density at radius 2 is 2.00 bits per heavy atom. The number of hydrogen-bond donors (Lipinski definition) is 1. The van der Waals surface area contributed by atoms with Crippen LogP contribution >= 0.6 is 0 Å². The van der Waals surface area contributed by atoms with E-state index in [0.29, 0.717) is 18.9 Å². The lowest BCUT2D eigenvalue weighted by atomic mass is 9.93. The molecule has 0 atom stereocenters. The van der Waals surface area contributed by atoms with Gasteiger partial charge in [0.2, 0.25) is 5.91 Å². The van der Waals surface area contributed by atoms with E-state index in [1.165, 1.54) is 0 Å². The molecule has 1 aliphatic heterocycles. The smallest absolute Gasteiger partial charge is 0.220 e. The monoisotopic (exact) mass is 322 g/mol. The van der Waals surface area contributed by atoms with Gasteiger partial charge in [0, 0.05) is 20.0 Å². The van der Waals surface area contributed by atoms with Crippen molar-refractivity contribution in [3.63, 3.8) is 0 Å². The minimum absolute atomic E-state index is 0.155. The number of allylic oxidation sites excluding steroid dienone is 4. The van der Waals surface area contributed by atoms with Crippen molar-refractivity contribution in [3.05, 3.63) is 36.6 Å². The zero-order valence-electron chi connectivity index (χ0n) is 15.3. The van der Waals surface area contributed by atoms with Crippen molar-refractivity contribution in [2.24, 2.45) is 5.92 Å². The SMILES string of the molecule is C=C/C=C(\C=C/C)OCCN1CCC(CC(=O)NC)CC1.CC. The molecule has 23 heavy (non-hydrogen) atoms. The van der Waals surface area contributed by atoms with Gasteiger partial charge in [0.15, 0.2) is 0 Å². The fraction of sp³-hybridized carbons (Fsp3) is 0.632. The normalized spacial score (nSPS) is 16.6. The number of carbonyl (C=O) groups excluding carboxylic acids is 1. The zero-order valence-corrected chi connectivity index (χ0v) is 15.3. The summed E-state index contributed by atoms with van der Waals surface area (Å²) in [4.78, 5) is 13.8. The maximum absolute atomic E-state index is 11.4. The predicted octanol–water partition coefficient (Wildman–Crippen LogP) is 3.52. The van der Waals surface area contributed by atoms with E-state index in [1.54, 1.807) is 13.1 Å². The number of rotatable bonds is 8. The number of carbonyl (C=O) groups is 1. The Balaban J connectivity index is 0.00000232. The van der Waals surface area contributed by atoms with Gasteiger partial charge in [-0.25, -0.2) is 0 Å². The second kappa shape index (κ2) is 14.1. The molecule has 0 unspecified atom stereocenters. The molecule has 4 heteroatoms. The minimum Gasteiger partial charge on any atom is -0.492 e. The van der Waals surface area contributed by atoms with Crippen LogP contribution in [0.4, 0.5) is 0 Å². The van der Waals surface area contributed by atoms with E-state index in [0.717, 1.165) is 38.2 Å². The van der Waals surface area contributed by atoms with Gasteiger partial charge in [0.1, 0.15) is 12.4 Å². The lowest BCUT2D eigenvalue weighted by molar-refractivity contribution is -0.121. The molecular formula is C19H34N2O2. The molecule has 0 aromatic heterocycles. The van der Waals surface area contributed by atoms with Crippen LogP contribution in [0.3, 0.4) is 0 Å². The summed E-state index contributed by atoms with van der Waals surface area (Å²) in [5.41, 5.74) is 0. The molecule has 4 nitrogen and oxygen atoms in total. The first-order valence-corrected chi connectivity index (χ1v) is 8.70. The Labute approximate surface area is 142 Å². The molecule has 0 bridgehead atoms. The number of piperidine rings is 1. The number of likely N-dealkylation sites (tertiary alicyclic amines) is 1. The van der Waals surface area contributed by atoms with Crippen molar-refractivity contribution in [1.29, 1.82) is 0 Å². The van der Waals surface area contributed by atoms with Crippen LogP contribution in [0.1, 0.15) is 40.0 Å². The maximum Gasteiger partial charge on any atom is 0.220 e. The van der Waals surface area contributed by atoms with Crippen molar-refractivity contribution >= 4 is 5.91 Å². The molecule has 0 aliphatic carbocycles. The van der Waals surface area contributed by atoms with Gasteiger partial charge in [-0.15, -0.1) is 0 Å². The summed E-state index contributed by atoms with van der Waals surface area (Å²) in [6.45, 7) is 13.4. The molecule has 0 aromatic carbocycles. The summed E-state index contributed by atoms with van der Waals surface area (Å²) >= 11 is 0. The first-order valence-electron chi connectivity index (χ1n) is 8.70. The number of nitrogens with zero attached hydrogens (tertiary/aromatic N) is 1. The fourth-order valence-electron chi connectivity index (χ4n) is 2.50. The molecular weight excluding hydrogens is 288 g/mol. The summed E-state index contributed by atoms with van der Waals surface area (Å²) in [7, 11) is 1.70. The molecule has 0 spiro atoms. The second-order valence-electron chi connectivity index (χ2n) is 5.32. The second-order valence-corrected chi connectivity index (χ2v) is 5.32. The average molecular weight is 322 g/mol. The van der Waals surface area contributed by atoms with Gasteiger partial charge in [-0.05, 0) is 50.9 Å². The van der Waals surface area contributed by atoms with Crippen LogP contribution in [0.2, 0.25) is 0 Å². The highest BCUT2D eigenvalue weighted by Crippen LogP contribution is 2.20. The molecule has 0 radical (unpaired) electrons. The van der Waals surface area contributed by atoms with E-state index in [2.05, 4.69) is 16.8 Å². The highest BCUT2D eigenvalue weighted by Gasteiger charge is 2.20. The van der Waals surface area contributed by atoms with Crippen LogP contribution in [0, 0.1) is 5.92 Å². The number of ether oxygens (including phenoxy) is 1. The lowest BCUT2D eigenvalue weighted by Gasteiger charge is -2.31. The lowest BCUT2D eigenvalue weighted by Crippen LogP contribution is -2.37. The third kappa shape index (κ3) is 9.95. The van der Waals surface area contributed by atoms with Gasteiger partial charge in [-0.2, -0.15) is 0 Å². The third-order valence-corrected chi connectivity index (χ3v) is 3.75. The molecule has 1 amide bonds. The minimum atomic E-state index is 0.155. The maximum atomic E-state index is 11.4. The van der Waals surface area contributed by atoms with E-state index in [1.807, 2.05) is 39.0 Å². The van der Waals surface area contributed by atoms with Gasteiger partial charge >= 0.3 is 0 Å². The van der Waals surface area contributed by atoms with Gasteiger partial charge in [-0.1, -0.05) is 32.6 Å². The van der Waals surface area contributed by atoms with Crippen molar-refractivity contribution in [3.8, 4) is 0 Å². The van der Waals surface area contributed by atoms with Crippen LogP contribution < -0.4 is 5.32 Å². The van der Waals surface area contributed by atoms with Gasteiger partial charge < -0.3 is 10.1 Å². The summed E-state index contributed by atoms with van der Waals surface area (Å²) in [6, 6.07) is 0. The summed E-state index contributed by atoms with van der Waals surface area (Å²) < 4.78 is 5.73. The first-order chi connectivity index (χ1) is 11.2. The number of hydrogen-bond acceptors (Lipinski definition) is 3. The Morgan fingerprint density at radius 1 is 1.35 bits per heavy atom. The van der Waals surface area contributed by atoms with Gasteiger partial charge in [-0.3, -0.25) is 9.69 Å². The third-order valence-electron chi connectivity index (χ3n) is 3.75. The van der Waals surface area contributed by atoms with Crippen LogP contribution in [0.25, 0.3) is 0 Å². The molecule has 132 valence electrons. The van der Waals surface area contributed by atoms with Crippen LogP contribution in [-0.4, -0.2) is 44.1 Å². The Hall–Kier alpha value is -1.55. The number of nitrogens with one attached hydrogen (secondary N) is 1. The van der Waals surface area contributed by atoms with Crippen molar-refractivity contribution < 1.29 is 9.53 Å². The molecule has 1 fully saturated rings. The summed E-state index contributed by atoms with van der Waals surface area (Å²) in [5, 5.41) is 2.70. The topological polar surface area (TPSA) is 41.6 Å². The van der Waals surface area contributed by atoms with E-state index >= 15 is 0 Å². The van der Waals surface area contributed by atoms with E-state index in [-0.39, 0.29) is 5.91 Å². The highest BCUT2D eigenvalue weighted by atomic mass is 16.5. The fourth-order valence-corrected chi connectivity index (χ4v) is 2.50. The van der Waals surface area contributed by atoms with E-state index in [9.17, 15) is 4.79 Å². The molecule has 1 heterocycles.